The normalized spacial score (nSPS) is 15.7. The molecule has 0 atom stereocenters. The van der Waals surface area contributed by atoms with E-state index in [4.69, 9.17) is 0 Å². The van der Waals surface area contributed by atoms with Crippen LogP contribution in [0.5, 0.6) is 0 Å². The molecule has 0 aromatic heterocycles. The maximum atomic E-state index is 10.8. The molecular weight excluding hydrogens is 384 g/mol. The maximum absolute atomic E-state index is 10.8. The van der Waals surface area contributed by atoms with Gasteiger partial charge in [0.1, 0.15) is 0 Å². The Morgan fingerprint density at radius 2 is 1.13 bits per heavy atom. The zero-order valence-electron chi connectivity index (χ0n) is 15.7. The zero-order chi connectivity index (χ0) is 21.1. The Morgan fingerprint density at radius 3 is 1.63 bits per heavy atom. The molecule has 2 aliphatic heterocycles. The Hall–Kier alpha value is -4.30. The molecule has 0 fully saturated rings. The number of non-ortho nitro benzene ring substituents is 2. The summed E-state index contributed by atoms with van der Waals surface area (Å²) in [5.41, 5.74) is 3.81. The predicted octanol–water partition coefficient (Wildman–Crippen LogP) is 5.16. The number of nitro groups is 2. The summed E-state index contributed by atoms with van der Waals surface area (Å²) in [6.45, 7) is 0. The molecule has 1 radical (unpaired) electrons. The second-order valence-corrected chi connectivity index (χ2v) is 6.54. The SMILES string of the molecule is O=[N+]([O-])c1ccc(N2C=CC(=C3C=C[N+](c4ccc([N+](=O)[O-])cc4)C=C3)C=C2)cc1. The fraction of sp³-hybridized carbons (Fsp3) is 0. The van der Waals surface area contributed by atoms with Gasteiger partial charge < -0.3 is 4.90 Å². The first-order chi connectivity index (χ1) is 14.5. The number of anilines is 2. The molecule has 2 aliphatic rings. The van der Waals surface area contributed by atoms with Gasteiger partial charge in [-0.25, -0.2) is 0 Å². The minimum Gasteiger partial charge on any atom is -0.324 e. The van der Waals surface area contributed by atoms with Crippen LogP contribution in [0, 0.1) is 20.2 Å². The Bertz CT molecular complexity index is 1020. The highest BCUT2D eigenvalue weighted by molar-refractivity contribution is 5.61. The van der Waals surface area contributed by atoms with Gasteiger partial charge in [0, 0.05) is 66.6 Å². The lowest BCUT2D eigenvalue weighted by Crippen LogP contribution is -2.12. The summed E-state index contributed by atoms with van der Waals surface area (Å²) in [5.74, 6) is 0. The van der Waals surface area contributed by atoms with Crippen molar-refractivity contribution in [2.75, 3.05) is 4.90 Å². The summed E-state index contributed by atoms with van der Waals surface area (Å²) in [6, 6.07) is 12.7. The highest BCUT2D eigenvalue weighted by Crippen LogP contribution is 2.26. The number of allylic oxidation sites excluding steroid dienone is 6. The highest BCUT2D eigenvalue weighted by Gasteiger charge is 2.18. The van der Waals surface area contributed by atoms with Gasteiger partial charge >= 0.3 is 0 Å². The lowest BCUT2D eigenvalue weighted by atomic mass is 10.0. The minimum absolute atomic E-state index is 0.0570. The average Bonchev–Trinajstić information content (AvgIpc) is 2.79. The summed E-state index contributed by atoms with van der Waals surface area (Å²) < 4.78 is 0. The first kappa shape index (κ1) is 19.0. The van der Waals surface area contributed by atoms with E-state index in [1.165, 1.54) is 24.3 Å². The lowest BCUT2D eigenvalue weighted by Gasteiger charge is -2.19. The largest absolute Gasteiger partial charge is 0.324 e. The Labute approximate surface area is 172 Å². The van der Waals surface area contributed by atoms with E-state index in [2.05, 4.69) is 0 Å². The molecule has 0 saturated carbocycles. The first-order valence-corrected chi connectivity index (χ1v) is 9.04. The van der Waals surface area contributed by atoms with Crippen molar-refractivity contribution in [2.24, 2.45) is 0 Å². The van der Waals surface area contributed by atoms with E-state index in [9.17, 15) is 20.2 Å². The van der Waals surface area contributed by atoms with E-state index in [1.54, 1.807) is 24.3 Å². The van der Waals surface area contributed by atoms with Crippen LogP contribution in [0.15, 0.2) is 109 Å². The fourth-order valence-electron chi connectivity index (χ4n) is 3.08. The number of benzene rings is 2. The van der Waals surface area contributed by atoms with Gasteiger partial charge in [-0.15, -0.1) is 0 Å². The van der Waals surface area contributed by atoms with E-state index in [0.29, 0.717) is 0 Å². The van der Waals surface area contributed by atoms with Crippen molar-refractivity contribution in [1.29, 1.82) is 0 Å². The molecule has 2 aromatic carbocycles. The zero-order valence-corrected chi connectivity index (χ0v) is 15.7. The molecule has 0 amide bonds. The van der Waals surface area contributed by atoms with Crippen molar-refractivity contribution in [3.05, 3.63) is 129 Å². The van der Waals surface area contributed by atoms with Crippen LogP contribution in [0.4, 0.5) is 22.7 Å². The standard InChI is InChI=1S/C22H16N4O4/c27-25(28)21-5-1-19(2-6-21)23-13-9-17(10-14-23)18-11-15-24(16-12-18)20-3-7-22(8-4-20)26(29)30/h1-16H/q+1. The second kappa shape index (κ2) is 7.98. The molecule has 0 aliphatic carbocycles. The van der Waals surface area contributed by atoms with Gasteiger partial charge in [-0.05, 0) is 35.4 Å². The van der Waals surface area contributed by atoms with Crippen LogP contribution in [-0.2, 0) is 0 Å². The predicted molar refractivity (Wildman–Crippen MR) is 114 cm³/mol. The maximum Gasteiger partial charge on any atom is 0.269 e. The molecule has 2 heterocycles. The molecule has 0 saturated heterocycles. The molecule has 0 bridgehead atoms. The smallest absolute Gasteiger partial charge is 0.269 e. The fourth-order valence-corrected chi connectivity index (χ4v) is 3.08. The average molecular weight is 400 g/mol. The third-order valence-electron chi connectivity index (χ3n) is 4.71. The van der Waals surface area contributed by atoms with E-state index >= 15 is 0 Å². The van der Waals surface area contributed by atoms with E-state index < -0.39 is 9.85 Å². The third-order valence-corrected chi connectivity index (χ3v) is 4.71. The van der Waals surface area contributed by atoms with Gasteiger partial charge in [0.2, 0.25) is 0 Å². The van der Waals surface area contributed by atoms with Crippen LogP contribution in [0.1, 0.15) is 0 Å². The number of hydrogen-bond donors (Lipinski definition) is 0. The van der Waals surface area contributed by atoms with Gasteiger partial charge in [-0.3, -0.25) is 20.2 Å². The molecule has 147 valence electrons. The molecule has 30 heavy (non-hydrogen) atoms. The van der Waals surface area contributed by atoms with E-state index in [-0.39, 0.29) is 11.4 Å². The van der Waals surface area contributed by atoms with Gasteiger partial charge in [-0.2, -0.15) is 0 Å². The van der Waals surface area contributed by atoms with Crippen LogP contribution in [0.2, 0.25) is 0 Å². The molecular formula is C22H16N4O4+. The summed E-state index contributed by atoms with van der Waals surface area (Å²) in [7, 11) is 0. The van der Waals surface area contributed by atoms with Crippen molar-refractivity contribution in [3.8, 4) is 0 Å². The van der Waals surface area contributed by atoms with E-state index in [1.807, 2.05) is 58.9 Å². The van der Waals surface area contributed by atoms with Crippen LogP contribution >= 0.6 is 0 Å². The first-order valence-electron chi connectivity index (χ1n) is 9.04. The van der Waals surface area contributed by atoms with Crippen LogP contribution in [0.3, 0.4) is 0 Å². The summed E-state index contributed by atoms with van der Waals surface area (Å²) in [5, 5.41) is 21.6. The molecule has 4 rings (SSSR count). The van der Waals surface area contributed by atoms with Crippen molar-refractivity contribution in [2.45, 2.75) is 0 Å². The van der Waals surface area contributed by atoms with E-state index in [0.717, 1.165) is 22.5 Å². The van der Waals surface area contributed by atoms with Gasteiger partial charge in [0.25, 0.3) is 11.4 Å². The van der Waals surface area contributed by atoms with Crippen molar-refractivity contribution < 1.29 is 9.85 Å². The van der Waals surface area contributed by atoms with Crippen molar-refractivity contribution in [3.63, 3.8) is 0 Å². The molecule has 0 unspecified atom stereocenters. The van der Waals surface area contributed by atoms with Crippen molar-refractivity contribution in [1.82, 2.24) is 4.90 Å². The van der Waals surface area contributed by atoms with Gasteiger partial charge in [-0.1, -0.05) is 4.90 Å². The topological polar surface area (TPSA) is 95.4 Å². The quantitative estimate of drug-likeness (QED) is 0.401. The lowest BCUT2D eigenvalue weighted by molar-refractivity contribution is -0.385. The molecule has 8 heteroatoms. The second-order valence-electron chi connectivity index (χ2n) is 6.54. The number of nitrogens with zero attached hydrogens (tertiary/aromatic N) is 4. The Morgan fingerprint density at radius 1 is 0.667 bits per heavy atom. The van der Waals surface area contributed by atoms with Gasteiger partial charge in [0.05, 0.1) is 9.85 Å². The van der Waals surface area contributed by atoms with Crippen LogP contribution < -0.4 is 9.80 Å². The minimum atomic E-state index is -0.421. The van der Waals surface area contributed by atoms with Crippen LogP contribution in [-0.4, -0.2) is 9.85 Å². The molecule has 0 spiro atoms. The Kier molecular flexibility index (Phi) is 5.06. The number of hydrogen-bond acceptors (Lipinski definition) is 6. The summed E-state index contributed by atoms with van der Waals surface area (Å²) in [6.07, 6.45) is 15.4. The molecule has 8 nitrogen and oxygen atoms in total. The highest BCUT2D eigenvalue weighted by atomic mass is 16.6. The Balaban J connectivity index is 1.46. The summed E-state index contributed by atoms with van der Waals surface area (Å²) in [4.78, 5) is 24.5. The van der Waals surface area contributed by atoms with Gasteiger partial charge in [0.15, 0.2) is 18.1 Å². The third kappa shape index (κ3) is 3.94. The monoisotopic (exact) mass is 400 g/mol. The number of rotatable bonds is 4. The van der Waals surface area contributed by atoms with Crippen molar-refractivity contribution >= 4 is 22.7 Å². The molecule has 0 N–H and O–H groups in total. The molecule has 2 aromatic rings. The summed E-state index contributed by atoms with van der Waals surface area (Å²) >= 11 is 0. The van der Waals surface area contributed by atoms with Crippen LogP contribution in [0.25, 0.3) is 0 Å². The number of nitro benzene ring substituents is 2.